The second-order valence-corrected chi connectivity index (χ2v) is 4.00. The second kappa shape index (κ2) is 3.27. The number of likely N-dealkylation sites (tertiary alicyclic amines) is 1. The Labute approximate surface area is 75.8 Å². The van der Waals surface area contributed by atoms with Crippen molar-refractivity contribution in [3.8, 4) is 0 Å². The molecule has 1 amide bonds. The summed E-state index contributed by atoms with van der Waals surface area (Å²) in [5.74, 6) is 0. The summed E-state index contributed by atoms with van der Waals surface area (Å²) in [6.07, 6.45) is 3.23. The fraction of sp³-hybridized carbons (Fsp3) is 0.444. The van der Waals surface area contributed by atoms with Crippen molar-refractivity contribution < 1.29 is 4.79 Å². The number of carbonyl (C=O) groups is 1. The van der Waals surface area contributed by atoms with Gasteiger partial charge in [-0.1, -0.05) is 6.07 Å². The van der Waals surface area contributed by atoms with Crippen molar-refractivity contribution in [1.82, 2.24) is 4.90 Å². The lowest BCUT2D eigenvalue weighted by atomic mass is 10.2. The van der Waals surface area contributed by atoms with Gasteiger partial charge in [-0.15, -0.1) is 11.3 Å². The summed E-state index contributed by atoms with van der Waals surface area (Å²) in [7, 11) is 0. The average Bonchev–Trinajstić information content (AvgIpc) is 2.74. The summed E-state index contributed by atoms with van der Waals surface area (Å²) in [6, 6.07) is 4.51. The minimum atomic E-state index is 0.363. The molecule has 0 saturated carbocycles. The second-order valence-electron chi connectivity index (χ2n) is 3.02. The molecule has 0 bridgehead atoms. The molecule has 0 aromatic carbocycles. The monoisotopic (exact) mass is 181 g/mol. The summed E-state index contributed by atoms with van der Waals surface area (Å²) in [4.78, 5) is 13.9. The molecule has 1 aromatic heterocycles. The third-order valence-corrected chi connectivity index (χ3v) is 3.27. The van der Waals surface area contributed by atoms with Crippen LogP contribution in [0.15, 0.2) is 17.5 Å². The van der Waals surface area contributed by atoms with Crippen molar-refractivity contribution in [2.45, 2.75) is 18.9 Å². The summed E-state index contributed by atoms with van der Waals surface area (Å²) in [6.45, 7) is 0.923. The predicted molar refractivity (Wildman–Crippen MR) is 49.1 cm³/mol. The van der Waals surface area contributed by atoms with Crippen LogP contribution in [0.5, 0.6) is 0 Å². The lowest BCUT2D eigenvalue weighted by Gasteiger charge is -2.17. The van der Waals surface area contributed by atoms with Crippen molar-refractivity contribution in [2.24, 2.45) is 0 Å². The maximum Gasteiger partial charge on any atom is 0.210 e. The molecule has 12 heavy (non-hydrogen) atoms. The lowest BCUT2D eigenvalue weighted by Crippen LogP contribution is -2.20. The maximum absolute atomic E-state index is 10.6. The zero-order chi connectivity index (χ0) is 8.39. The minimum Gasteiger partial charge on any atom is -0.337 e. The molecule has 1 aliphatic rings. The molecule has 64 valence electrons. The molecule has 0 N–H and O–H groups in total. The van der Waals surface area contributed by atoms with E-state index in [-0.39, 0.29) is 0 Å². The fourth-order valence-corrected chi connectivity index (χ4v) is 2.58. The highest BCUT2D eigenvalue weighted by atomic mass is 32.1. The van der Waals surface area contributed by atoms with Gasteiger partial charge in [-0.25, -0.2) is 0 Å². The first kappa shape index (κ1) is 7.80. The Hall–Kier alpha value is -0.830. The largest absolute Gasteiger partial charge is 0.337 e. The van der Waals surface area contributed by atoms with Gasteiger partial charge in [-0.05, 0) is 24.3 Å². The summed E-state index contributed by atoms with van der Waals surface area (Å²) < 4.78 is 0. The van der Waals surface area contributed by atoms with E-state index in [1.54, 1.807) is 11.3 Å². The minimum absolute atomic E-state index is 0.363. The standard InChI is InChI=1S/C9H11NOS/c11-7-10-5-1-3-8(10)9-4-2-6-12-9/h2,4,6-8H,1,3,5H2/t8-/m1/s1. The molecule has 2 rings (SSSR count). The molecule has 2 nitrogen and oxygen atoms in total. The Morgan fingerprint density at radius 3 is 3.25 bits per heavy atom. The Bertz CT molecular complexity index is 258. The Kier molecular flexibility index (Phi) is 2.13. The molecule has 1 atom stereocenters. The molecule has 0 aliphatic carbocycles. The summed E-state index contributed by atoms with van der Waals surface area (Å²) in [5, 5.41) is 2.07. The van der Waals surface area contributed by atoms with Crippen LogP contribution < -0.4 is 0 Å². The molecule has 1 aliphatic heterocycles. The van der Waals surface area contributed by atoms with Gasteiger partial charge in [0.1, 0.15) is 0 Å². The molecule has 0 radical (unpaired) electrons. The topological polar surface area (TPSA) is 20.3 Å². The Balaban J connectivity index is 2.18. The fourth-order valence-electron chi connectivity index (χ4n) is 1.70. The van der Waals surface area contributed by atoms with Gasteiger partial charge >= 0.3 is 0 Å². The Morgan fingerprint density at radius 2 is 2.58 bits per heavy atom. The van der Waals surface area contributed by atoms with E-state index in [2.05, 4.69) is 11.4 Å². The van der Waals surface area contributed by atoms with Gasteiger partial charge in [-0.2, -0.15) is 0 Å². The van der Waals surface area contributed by atoms with Gasteiger partial charge in [0.2, 0.25) is 6.41 Å². The first-order valence-corrected chi connectivity index (χ1v) is 5.04. The number of carbonyl (C=O) groups excluding carboxylic acids is 1. The van der Waals surface area contributed by atoms with Crippen LogP contribution in [0, 0.1) is 0 Å². The number of hydrogen-bond acceptors (Lipinski definition) is 2. The smallest absolute Gasteiger partial charge is 0.210 e. The Morgan fingerprint density at radius 1 is 1.67 bits per heavy atom. The first-order chi connectivity index (χ1) is 5.92. The van der Waals surface area contributed by atoms with Crippen molar-refractivity contribution in [3.63, 3.8) is 0 Å². The quantitative estimate of drug-likeness (QED) is 0.639. The first-order valence-electron chi connectivity index (χ1n) is 4.16. The van der Waals surface area contributed by atoms with Gasteiger partial charge in [0.25, 0.3) is 0 Å². The van der Waals surface area contributed by atoms with E-state index in [0.29, 0.717) is 6.04 Å². The molecule has 0 spiro atoms. The van der Waals surface area contributed by atoms with Crippen LogP contribution in [0.2, 0.25) is 0 Å². The van der Waals surface area contributed by atoms with Gasteiger partial charge in [0.05, 0.1) is 6.04 Å². The molecule has 1 saturated heterocycles. The van der Waals surface area contributed by atoms with E-state index in [1.165, 1.54) is 4.88 Å². The third-order valence-electron chi connectivity index (χ3n) is 2.30. The molecule has 1 aromatic rings. The number of rotatable bonds is 2. The molecule has 2 heterocycles. The van der Waals surface area contributed by atoms with E-state index in [0.717, 1.165) is 25.8 Å². The third kappa shape index (κ3) is 1.25. The van der Waals surface area contributed by atoms with Crippen LogP contribution in [-0.2, 0) is 4.79 Å². The van der Waals surface area contributed by atoms with Gasteiger partial charge in [0, 0.05) is 11.4 Å². The zero-order valence-electron chi connectivity index (χ0n) is 6.77. The van der Waals surface area contributed by atoms with E-state index in [4.69, 9.17) is 0 Å². The van der Waals surface area contributed by atoms with Crippen LogP contribution in [0.4, 0.5) is 0 Å². The molecule has 3 heteroatoms. The highest BCUT2D eigenvalue weighted by molar-refractivity contribution is 7.10. The number of nitrogens with zero attached hydrogens (tertiary/aromatic N) is 1. The van der Waals surface area contributed by atoms with Crippen molar-refractivity contribution in [2.75, 3.05) is 6.54 Å². The summed E-state index contributed by atoms with van der Waals surface area (Å²) in [5.41, 5.74) is 0. The van der Waals surface area contributed by atoms with E-state index in [1.807, 2.05) is 11.0 Å². The summed E-state index contributed by atoms with van der Waals surface area (Å²) >= 11 is 1.74. The van der Waals surface area contributed by atoms with E-state index >= 15 is 0 Å². The van der Waals surface area contributed by atoms with Crippen molar-refractivity contribution >= 4 is 17.7 Å². The highest BCUT2D eigenvalue weighted by Crippen LogP contribution is 2.32. The molecular weight excluding hydrogens is 170 g/mol. The zero-order valence-corrected chi connectivity index (χ0v) is 7.59. The molecular formula is C9H11NOS. The van der Waals surface area contributed by atoms with Gasteiger partial charge in [0.15, 0.2) is 0 Å². The highest BCUT2D eigenvalue weighted by Gasteiger charge is 2.24. The van der Waals surface area contributed by atoms with Crippen molar-refractivity contribution in [3.05, 3.63) is 22.4 Å². The SMILES string of the molecule is O=CN1CCC[C@@H]1c1cccs1. The molecule has 1 fully saturated rings. The van der Waals surface area contributed by atoms with Gasteiger partial charge in [-0.3, -0.25) is 4.79 Å². The number of amides is 1. The maximum atomic E-state index is 10.6. The normalized spacial score (nSPS) is 23.0. The predicted octanol–water partition coefficient (Wildman–Crippen LogP) is 2.04. The van der Waals surface area contributed by atoms with Crippen LogP contribution >= 0.6 is 11.3 Å². The lowest BCUT2D eigenvalue weighted by molar-refractivity contribution is -0.118. The number of hydrogen-bond donors (Lipinski definition) is 0. The van der Waals surface area contributed by atoms with E-state index < -0.39 is 0 Å². The van der Waals surface area contributed by atoms with Crippen LogP contribution in [0.1, 0.15) is 23.8 Å². The van der Waals surface area contributed by atoms with Gasteiger partial charge < -0.3 is 4.90 Å². The van der Waals surface area contributed by atoms with Crippen LogP contribution in [0.25, 0.3) is 0 Å². The average molecular weight is 181 g/mol. The van der Waals surface area contributed by atoms with Crippen LogP contribution in [-0.4, -0.2) is 17.9 Å². The molecule has 0 unspecified atom stereocenters. The van der Waals surface area contributed by atoms with Crippen LogP contribution in [0.3, 0.4) is 0 Å². The van der Waals surface area contributed by atoms with Crippen molar-refractivity contribution in [1.29, 1.82) is 0 Å². The van der Waals surface area contributed by atoms with E-state index in [9.17, 15) is 4.79 Å². The number of thiophene rings is 1.